The highest BCUT2D eigenvalue weighted by molar-refractivity contribution is 6.37. The van der Waals surface area contributed by atoms with E-state index in [1.807, 2.05) is 0 Å². The Morgan fingerprint density at radius 3 is 2.48 bits per heavy atom. The summed E-state index contributed by atoms with van der Waals surface area (Å²) in [7, 11) is 0. The van der Waals surface area contributed by atoms with E-state index in [4.69, 9.17) is 5.11 Å². The van der Waals surface area contributed by atoms with Gasteiger partial charge in [0.25, 0.3) is 5.69 Å². The molecule has 0 aliphatic carbocycles. The van der Waals surface area contributed by atoms with Crippen molar-refractivity contribution in [2.24, 2.45) is 5.10 Å². The monoisotopic (exact) mass is 296 g/mol. The second-order valence-electron chi connectivity index (χ2n) is 3.56. The van der Waals surface area contributed by atoms with E-state index in [2.05, 4.69) is 10.5 Å². The van der Waals surface area contributed by atoms with Gasteiger partial charge in [0.05, 0.1) is 22.3 Å². The van der Waals surface area contributed by atoms with Crippen molar-refractivity contribution in [2.75, 3.05) is 5.43 Å². The van der Waals surface area contributed by atoms with E-state index in [9.17, 15) is 29.8 Å². The molecule has 0 heterocycles. The Morgan fingerprint density at radius 1 is 1.33 bits per heavy atom. The van der Waals surface area contributed by atoms with Gasteiger partial charge in [-0.25, -0.2) is 4.79 Å². The first-order valence-corrected chi connectivity index (χ1v) is 5.29. The van der Waals surface area contributed by atoms with Gasteiger partial charge in [0, 0.05) is 6.07 Å². The summed E-state index contributed by atoms with van der Waals surface area (Å²) >= 11 is 0. The Bertz CT molecular complexity index is 640. The van der Waals surface area contributed by atoms with Crippen LogP contribution in [0, 0.1) is 20.2 Å². The summed E-state index contributed by atoms with van der Waals surface area (Å²) in [4.78, 5) is 40.7. The molecule has 1 aromatic carbocycles. The number of non-ortho nitro benzene ring substituents is 1. The number of nitrogens with one attached hydrogen (secondary N) is 1. The van der Waals surface area contributed by atoms with Crippen LogP contribution in [0.15, 0.2) is 23.3 Å². The molecule has 0 aliphatic heterocycles. The van der Waals surface area contributed by atoms with Gasteiger partial charge in [-0.15, -0.1) is 0 Å². The van der Waals surface area contributed by atoms with Crippen molar-refractivity contribution in [3.63, 3.8) is 0 Å². The second kappa shape index (κ2) is 6.70. The molecule has 0 aliphatic rings. The minimum absolute atomic E-state index is 0.241. The molecule has 1 rings (SSSR count). The van der Waals surface area contributed by atoms with Crippen molar-refractivity contribution < 1.29 is 24.5 Å². The molecule has 11 nitrogen and oxygen atoms in total. The molecule has 0 spiro atoms. The zero-order valence-corrected chi connectivity index (χ0v) is 10.3. The first-order valence-electron chi connectivity index (χ1n) is 5.29. The van der Waals surface area contributed by atoms with Crippen LogP contribution in [-0.2, 0) is 9.59 Å². The van der Waals surface area contributed by atoms with Crippen molar-refractivity contribution >= 4 is 35.0 Å². The number of carbonyl (C=O) groups is 2. The fourth-order valence-corrected chi connectivity index (χ4v) is 1.27. The number of aliphatic carboxylic acids is 1. The number of hydrogen-bond donors (Lipinski definition) is 2. The largest absolute Gasteiger partial charge is 0.477 e. The smallest absolute Gasteiger partial charge is 0.352 e. The van der Waals surface area contributed by atoms with E-state index >= 15 is 0 Å². The lowest BCUT2D eigenvalue weighted by atomic mass is 10.2. The number of nitrogens with zero attached hydrogens (tertiary/aromatic N) is 3. The van der Waals surface area contributed by atoms with Crippen LogP contribution < -0.4 is 5.43 Å². The third-order valence-electron chi connectivity index (χ3n) is 2.22. The Morgan fingerprint density at radius 2 is 2.00 bits per heavy atom. The fraction of sp³-hybridized carbons (Fsp3) is 0.100. The zero-order chi connectivity index (χ0) is 16.0. The fourth-order valence-electron chi connectivity index (χ4n) is 1.27. The van der Waals surface area contributed by atoms with Gasteiger partial charge >= 0.3 is 11.7 Å². The molecule has 0 aromatic heterocycles. The molecule has 2 N–H and O–H groups in total. The predicted octanol–water partition coefficient (Wildman–Crippen LogP) is 0.944. The number of carbonyl (C=O) groups excluding carboxylic acids is 1. The van der Waals surface area contributed by atoms with Crippen LogP contribution >= 0.6 is 0 Å². The molecule has 0 saturated carbocycles. The number of nitro benzene ring substituents is 2. The van der Waals surface area contributed by atoms with Crippen molar-refractivity contribution in [3.8, 4) is 0 Å². The topological polar surface area (TPSA) is 165 Å². The van der Waals surface area contributed by atoms with E-state index < -0.39 is 39.3 Å². The predicted molar refractivity (Wildman–Crippen MR) is 69.1 cm³/mol. The van der Waals surface area contributed by atoms with Crippen LogP contribution in [0.2, 0.25) is 0 Å². The molecular weight excluding hydrogens is 288 g/mol. The molecule has 21 heavy (non-hydrogen) atoms. The lowest BCUT2D eigenvalue weighted by Crippen LogP contribution is -2.15. The lowest BCUT2D eigenvalue weighted by molar-refractivity contribution is -0.393. The van der Waals surface area contributed by atoms with Gasteiger partial charge in [0.15, 0.2) is 5.71 Å². The highest BCUT2D eigenvalue weighted by Crippen LogP contribution is 2.28. The number of hydrogen-bond acceptors (Lipinski definition) is 8. The van der Waals surface area contributed by atoms with Crippen molar-refractivity contribution in [1.29, 1.82) is 0 Å². The van der Waals surface area contributed by atoms with Crippen LogP contribution in [0.1, 0.15) is 6.42 Å². The quantitative estimate of drug-likeness (QED) is 0.324. The molecule has 0 amide bonds. The van der Waals surface area contributed by atoms with Gasteiger partial charge in [-0.1, -0.05) is 0 Å². The molecule has 0 bridgehead atoms. The van der Waals surface area contributed by atoms with Crippen LogP contribution in [0.3, 0.4) is 0 Å². The van der Waals surface area contributed by atoms with Gasteiger partial charge in [-0.05, 0) is 6.07 Å². The molecular formula is C10H8N4O7. The minimum atomic E-state index is -1.47. The molecule has 0 fully saturated rings. The summed E-state index contributed by atoms with van der Waals surface area (Å²) in [6, 6.07) is 2.71. The second-order valence-corrected chi connectivity index (χ2v) is 3.56. The van der Waals surface area contributed by atoms with Crippen molar-refractivity contribution in [2.45, 2.75) is 6.42 Å². The maximum atomic E-state index is 10.8. The van der Waals surface area contributed by atoms with Crippen LogP contribution in [0.25, 0.3) is 0 Å². The number of hydrazone groups is 1. The highest BCUT2D eigenvalue weighted by atomic mass is 16.6. The number of carboxylic acid groups (broad SMARTS) is 1. The van der Waals surface area contributed by atoms with Gasteiger partial charge in [-0.2, -0.15) is 5.10 Å². The number of rotatable bonds is 7. The normalized spacial score (nSPS) is 10.8. The average molecular weight is 296 g/mol. The number of anilines is 1. The number of benzene rings is 1. The first-order chi connectivity index (χ1) is 9.86. The van der Waals surface area contributed by atoms with Crippen LogP contribution in [-0.4, -0.2) is 32.9 Å². The summed E-state index contributed by atoms with van der Waals surface area (Å²) in [5, 5.41) is 33.5. The molecule has 0 unspecified atom stereocenters. The van der Waals surface area contributed by atoms with Gasteiger partial charge in [0.2, 0.25) is 0 Å². The lowest BCUT2D eigenvalue weighted by Gasteiger charge is -2.03. The summed E-state index contributed by atoms with van der Waals surface area (Å²) < 4.78 is 0. The molecule has 0 radical (unpaired) electrons. The van der Waals surface area contributed by atoms with E-state index in [1.54, 1.807) is 0 Å². The Balaban J connectivity index is 3.15. The van der Waals surface area contributed by atoms with Crippen molar-refractivity contribution in [1.82, 2.24) is 0 Å². The zero-order valence-electron chi connectivity index (χ0n) is 10.3. The summed E-state index contributed by atoms with van der Waals surface area (Å²) in [6.45, 7) is 0. The number of carboxylic acids is 1. The molecule has 0 saturated heterocycles. The van der Waals surface area contributed by atoms with Crippen LogP contribution in [0.5, 0.6) is 0 Å². The molecule has 1 aromatic rings. The maximum absolute atomic E-state index is 10.8. The number of aldehydes is 1. The minimum Gasteiger partial charge on any atom is -0.477 e. The van der Waals surface area contributed by atoms with Crippen molar-refractivity contribution in [3.05, 3.63) is 38.4 Å². The Labute approximate surface area is 116 Å². The third kappa shape index (κ3) is 4.05. The average Bonchev–Trinajstić information content (AvgIpc) is 2.42. The summed E-state index contributed by atoms with van der Waals surface area (Å²) in [5.74, 6) is -1.47. The molecule has 110 valence electrons. The van der Waals surface area contributed by atoms with Gasteiger partial charge < -0.3 is 9.90 Å². The Hall–Kier alpha value is -3.37. The van der Waals surface area contributed by atoms with Gasteiger partial charge in [0.1, 0.15) is 12.0 Å². The number of nitro groups is 2. The Kier molecular flexibility index (Phi) is 5.00. The maximum Gasteiger partial charge on any atom is 0.352 e. The van der Waals surface area contributed by atoms with Gasteiger partial charge in [-0.3, -0.25) is 25.7 Å². The van der Waals surface area contributed by atoms with E-state index in [0.717, 1.165) is 12.1 Å². The first kappa shape index (κ1) is 15.7. The standard InChI is InChI=1S/C10H8N4O7/c15-4-3-8(10(16)17)12-11-7-2-1-6(13(18)19)5-9(7)14(20)21/h1-2,4-5,11H,3H2,(H,16,17). The SMILES string of the molecule is O=CCC(=NNc1ccc([N+](=O)[O-])cc1[N+](=O)[O-])C(=O)O. The van der Waals surface area contributed by atoms with E-state index in [0.29, 0.717) is 12.4 Å². The van der Waals surface area contributed by atoms with E-state index in [-0.39, 0.29) is 5.69 Å². The van der Waals surface area contributed by atoms with Crippen LogP contribution in [0.4, 0.5) is 17.1 Å². The summed E-state index contributed by atoms with van der Waals surface area (Å²) in [6.07, 6.45) is -0.192. The molecule has 11 heteroatoms. The summed E-state index contributed by atoms with van der Waals surface area (Å²) in [5.41, 5.74) is 0.166. The highest BCUT2D eigenvalue weighted by Gasteiger charge is 2.19. The van der Waals surface area contributed by atoms with E-state index in [1.165, 1.54) is 0 Å². The molecule has 0 atom stereocenters. The third-order valence-corrected chi connectivity index (χ3v) is 2.22.